The fourth-order valence-electron chi connectivity index (χ4n) is 1.46. The van der Waals surface area contributed by atoms with Crippen molar-refractivity contribution in [1.29, 1.82) is 0 Å². The average Bonchev–Trinajstić information content (AvgIpc) is 2.29. The second kappa shape index (κ2) is 4.67. The summed E-state index contributed by atoms with van der Waals surface area (Å²) in [7, 11) is 0. The van der Waals surface area contributed by atoms with Crippen LogP contribution >= 0.6 is 15.9 Å². The average molecular weight is 283 g/mol. The van der Waals surface area contributed by atoms with Crippen molar-refractivity contribution in [3.8, 4) is 5.75 Å². The van der Waals surface area contributed by atoms with E-state index in [4.69, 9.17) is 15.6 Å². The smallest absolute Gasteiger partial charge is 0.145 e. The largest absolute Gasteiger partial charge is 0.489 e. The second-order valence-electron chi connectivity index (χ2n) is 3.27. The van der Waals surface area contributed by atoms with Crippen molar-refractivity contribution >= 4 is 32.5 Å². The first-order chi connectivity index (χ1) is 7.72. The van der Waals surface area contributed by atoms with E-state index < -0.39 is 0 Å². The summed E-state index contributed by atoms with van der Waals surface area (Å²) >= 11 is 3.34. The monoisotopic (exact) mass is 282 g/mol. The highest BCUT2D eigenvalue weighted by Gasteiger charge is 2.07. The van der Waals surface area contributed by atoms with Gasteiger partial charge in [0.25, 0.3) is 0 Å². The lowest BCUT2D eigenvalue weighted by molar-refractivity contribution is 0.202. The number of ether oxygens (including phenoxy) is 1. The maximum absolute atomic E-state index is 8.72. The predicted molar refractivity (Wildman–Crippen MR) is 66.4 cm³/mol. The Hall–Kier alpha value is -1.33. The van der Waals surface area contributed by atoms with Gasteiger partial charge in [0.15, 0.2) is 0 Å². The number of fused-ring (bicyclic) bond motifs is 1. The lowest BCUT2D eigenvalue weighted by Crippen LogP contribution is -2.03. The number of benzene rings is 1. The molecular formula is C11H11BrN2O2. The van der Waals surface area contributed by atoms with Crippen LogP contribution in [0.3, 0.4) is 0 Å². The zero-order chi connectivity index (χ0) is 11.5. The van der Waals surface area contributed by atoms with E-state index in [-0.39, 0.29) is 13.2 Å². The summed E-state index contributed by atoms with van der Waals surface area (Å²) in [5.74, 6) is 0.630. The summed E-state index contributed by atoms with van der Waals surface area (Å²) in [6, 6.07) is 5.42. The number of halogens is 1. The van der Waals surface area contributed by atoms with Crippen LogP contribution in [0.5, 0.6) is 5.75 Å². The molecule has 0 aliphatic heterocycles. The third kappa shape index (κ3) is 2.10. The third-order valence-electron chi connectivity index (χ3n) is 2.16. The van der Waals surface area contributed by atoms with Gasteiger partial charge in [0, 0.05) is 21.7 Å². The molecular weight excluding hydrogens is 272 g/mol. The number of hydrogen-bond donors (Lipinski definition) is 2. The third-order valence-corrected chi connectivity index (χ3v) is 2.60. The molecule has 0 saturated heterocycles. The zero-order valence-corrected chi connectivity index (χ0v) is 10.1. The molecule has 4 nitrogen and oxygen atoms in total. The van der Waals surface area contributed by atoms with Crippen molar-refractivity contribution < 1.29 is 9.84 Å². The molecule has 2 rings (SSSR count). The molecule has 0 aliphatic rings. The molecule has 5 heteroatoms. The molecule has 3 N–H and O–H groups in total. The van der Waals surface area contributed by atoms with E-state index in [9.17, 15) is 0 Å². The fraction of sp³-hybridized carbons (Fsp3) is 0.182. The highest BCUT2D eigenvalue weighted by atomic mass is 79.9. The van der Waals surface area contributed by atoms with E-state index in [1.165, 1.54) is 0 Å². The molecule has 0 bridgehead atoms. The number of aliphatic hydroxyl groups is 1. The summed E-state index contributed by atoms with van der Waals surface area (Å²) in [6.07, 6.45) is 1.69. The molecule has 0 amide bonds. The van der Waals surface area contributed by atoms with Crippen LogP contribution in [-0.4, -0.2) is 23.3 Å². The predicted octanol–water partition coefficient (Wildman–Crippen LogP) is 1.95. The lowest BCUT2D eigenvalue weighted by atomic mass is 10.2. The first-order valence-electron chi connectivity index (χ1n) is 4.80. The van der Waals surface area contributed by atoms with Crippen LogP contribution in [0.25, 0.3) is 10.9 Å². The van der Waals surface area contributed by atoms with Crippen molar-refractivity contribution in [2.24, 2.45) is 0 Å². The van der Waals surface area contributed by atoms with Crippen LogP contribution in [0, 0.1) is 0 Å². The standard InChI is InChI=1S/C11H11BrN2O2/c12-7-5-8-9(13)1-2-10(16-4-3-15)11(8)14-6-7/h1-2,5-6,15H,3-4,13H2. The molecule has 0 fully saturated rings. The van der Waals surface area contributed by atoms with Gasteiger partial charge in [-0.1, -0.05) is 0 Å². The maximum atomic E-state index is 8.72. The van der Waals surface area contributed by atoms with E-state index in [0.717, 1.165) is 9.86 Å². The Bertz CT molecular complexity index is 517. The normalized spacial score (nSPS) is 10.6. The van der Waals surface area contributed by atoms with Gasteiger partial charge in [0.05, 0.1) is 6.61 Å². The number of pyridine rings is 1. The minimum absolute atomic E-state index is 0.0254. The molecule has 0 unspecified atom stereocenters. The first kappa shape index (κ1) is 11.2. The first-order valence-corrected chi connectivity index (χ1v) is 5.59. The number of nitrogens with two attached hydrogens (primary N) is 1. The molecule has 0 atom stereocenters. The Morgan fingerprint density at radius 2 is 2.25 bits per heavy atom. The Morgan fingerprint density at radius 3 is 3.00 bits per heavy atom. The molecule has 16 heavy (non-hydrogen) atoms. The quantitative estimate of drug-likeness (QED) is 0.845. The van der Waals surface area contributed by atoms with Crippen molar-refractivity contribution in [2.75, 3.05) is 18.9 Å². The van der Waals surface area contributed by atoms with Gasteiger partial charge in [-0.05, 0) is 34.1 Å². The van der Waals surface area contributed by atoms with Crippen LogP contribution in [0.1, 0.15) is 0 Å². The van der Waals surface area contributed by atoms with E-state index >= 15 is 0 Å². The Morgan fingerprint density at radius 1 is 1.44 bits per heavy atom. The molecule has 2 aromatic rings. The minimum atomic E-state index is -0.0254. The van der Waals surface area contributed by atoms with Gasteiger partial charge >= 0.3 is 0 Å². The van der Waals surface area contributed by atoms with E-state index in [0.29, 0.717) is 17.0 Å². The van der Waals surface area contributed by atoms with Gasteiger partial charge in [-0.15, -0.1) is 0 Å². The molecule has 1 aromatic heterocycles. The van der Waals surface area contributed by atoms with Gasteiger partial charge in [0.1, 0.15) is 17.9 Å². The zero-order valence-electron chi connectivity index (χ0n) is 8.48. The van der Waals surface area contributed by atoms with Gasteiger partial charge in [0.2, 0.25) is 0 Å². The SMILES string of the molecule is Nc1ccc(OCCO)c2ncc(Br)cc12. The molecule has 0 radical (unpaired) electrons. The molecule has 0 aliphatic carbocycles. The molecule has 1 aromatic carbocycles. The number of rotatable bonds is 3. The van der Waals surface area contributed by atoms with Crippen LogP contribution in [0.4, 0.5) is 5.69 Å². The highest BCUT2D eigenvalue weighted by Crippen LogP contribution is 2.30. The summed E-state index contributed by atoms with van der Waals surface area (Å²) in [6.45, 7) is 0.221. The van der Waals surface area contributed by atoms with Gasteiger partial charge in [-0.25, -0.2) is 0 Å². The maximum Gasteiger partial charge on any atom is 0.145 e. The van der Waals surface area contributed by atoms with E-state index in [1.807, 2.05) is 6.07 Å². The van der Waals surface area contributed by atoms with Gasteiger partial charge < -0.3 is 15.6 Å². The summed E-state index contributed by atoms with van der Waals surface area (Å²) in [5, 5.41) is 9.56. The minimum Gasteiger partial charge on any atom is -0.489 e. The van der Waals surface area contributed by atoms with Crippen molar-refractivity contribution in [1.82, 2.24) is 4.98 Å². The van der Waals surface area contributed by atoms with Crippen molar-refractivity contribution in [2.45, 2.75) is 0 Å². The Balaban J connectivity index is 2.55. The highest BCUT2D eigenvalue weighted by molar-refractivity contribution is 9.10. The van der Waals surface area contributed by atoms with Gasteiger partial charge in [-0.3, -0.25) is 4.98 Å². The second-order valence-corrected chi connectivity index (χ2v) is 4.19. The van der Waals surface area contributed by atoms with Crippen LogP contribution < -0.4 is 10.5 Å². The van der Waals surface area contributed by atoms with E-state index in [1.54, 1.807) is 18.3 Å². The topological polar surface area (TPSA) is 68.4 Å². The van der Waals surface area contributed by atoms with Gasteiger partial charge in [-0.2, -0.15) is 0 Å². The summed E-state index contributed by atoms with van der Waals surface area (Å²) in [4.78, 5) is 4.26. The van der Waals surface area contributed by atoms with Crippen LogP contribution in [-0.2, 0) is 0 Å². The molecule has 0 spiro atoms. The number of nitrogen functional groups attached to an aromatic ring is 1. The number of hydrogen-bond acceptors (Lipinski definition) is 4. The molecule has 84 valence electrons. The van der Waals surface area contributed by atoms with E-state index in [2.05, 4.69) is 20.9 Å². The Labute approximate surface area is 101 Å². The number of nitrogens with zero attached hydrogens (tertiary/aromatic N) is 1. The molecule has 1 heterocycles. The van der Waals surface area contributed by atoms with Crippen molar-refractivity contribution in [3.63, 3.8) is 0 Å². The molecule has 0 saturated carbocycles. The number of aromatic nitrogens is 1. The van der Waals surface area contributed by atoms with Crippen LogP contribution in [0.2, 0.25) is 0 Å². The number of aliphatic hydroxyl groups excluding tert-OH is 1. The summed E-state index contributed by atoms with van der Waals surface area (Å²) in [5.41, 5.74) is 7.22. The fourth-order valence-corrected chi connectivity index (χ4v) is 1.79. The number of anilines is 1. The lowest BCUT2D eigenvalue weighted by Gasteiger charge is -2.09. The van der Waals surface area contributed by atoms with Crippen molar-refractivity contribution in [3.05, 3.63) is 28.9 Å². The summed E-state index contributed by atoms with van der Waals surface area (Å²) < 4.78 is 6.25. The van der Waals surface area contributed by atoms with Crippen LogP contribution in [0.15, 0.2) is 28.9 Å². The Kier molecular flexibility index (Phi) is 3.26.